The third kappa shape index (κ3) is 2.98. The molecule has 0 saturated carbocycles. The third-order valence-corrected chi connectivity index (χ3v) is 3.94. The zero-order valence-electron chi connectivity index (χ0n) is 11.1. The Bertz CT molecular complexity index is 475. The van der Waals surface area contributed by atoms with E-state index < -0.39 is 0 Å². The van der Waals surface area contributed by atoms with Crippen LogP contribution in [-0.4, -0.2) is 27.8 Å². The number of hydrogen-bond acceptors (Lipinski definition) is 4. The summed E-state index contributed by atoms with van der Waals surface area (Å²) in [5, 5.41) is 6.30. The molecule has 5 heteroatoms. The molecule has 2 N–H and O–H groups in total. The molecule has 98 valence electrons. The molecule has 0 aliphatic rings. The lowest BCUT2D eigenvalue weighted by Crippen LogP contribution is -2.36. The summed E-state index contributed by atoms with van der Waals surface area (Å²) < 4.78 is 1.83. The highest BCUT2D eigenvalue weighted by atomic mass is 32.1. The van der Waals surface area contributed by atoms with Crippen LogP contribution >= 0.6 is 11.3 Å². The van der Waals surface area contributed by atoms with Crippen LogP contribution < -0.4 is 5.73 Å². The molecule has 2 atom stereocenters. The number of aromatic nitrogens is 2. The number of rotatable bonds is 5. The van der Waals surface area contributed by atoms with Crippen molar-refractivity contribution in [2.24, 2.45) is 12.8 Å². The summed E-state index contributed by atoms with van der Waals surface area (Å²) in [6.45, 7) is 2.92. The first-order valence-electron chi connectivity index (χ1n) is 6.04. The fourth-order valence-corrected chi connectivity index (χ4v) is 3.28. The molecule has 0 amide bonds. The Labute approximate surface area is 112 Å². The van der Waals surface area contributed by atoms with Crippen LogP contribution in [0.2, 0.25) is 0 Å². The van der Waals surface area contributed by atoms with Crippen LogP contribution in [0.15, 0.2) is 29.9 Å². The molecule has 2 unspecified atom stereocenters. The fraction of sp³-hybridized carbons (Fsp3) is 0.462. The largest absolute Gasteiger partial charge is 0.326 e. The summed E-state index contributed by atoms with van der Waals surface area (Å²) in [4.78, 5) is 3.60. The lowest BCUT2D eigenvalue weighted by atomic mass is 10.1. The summed E-state index contributed by atoms with van der Waals surface area (Å²) in [6, 6.07) is 4.58. The lowest BCUT2D eigenvalue weighted by Gasteiger charge is -2.29. The van der Waals surface area contributed by atoms with Gasteiger partial charge in [0.05, 0.1) is 12.2 Å². The first kappa shape index (κ1) is 13.3. The Morgan fingerprint density at radius 1 is 1.56 bits per heavy atom. The van der Waals surface area contributed by atoms with Gasteiger partial charge in [0, 0.05) is 36.3 Å². The molecule has 18 heavy (non-hydrogen) atoms. The molecule has 0 aromatic carbocycles. The van der Waals surface area contributed by atoms with E-state index in [2.05, 4.69) is 41.5 Å². The van der Waals surface area contributed by atoms with Gasteiger partial charge in [-0.05, 0) is 25.4 Å². The van der Waals surface area contributed by atoms with Crippen LogP contribution in [0.4, 0.5) is 0 Å². The van der Waals surface area contributed by atoms with Gasteiger partial charge in [-0.3, -0.25) is 9.58 Å². The van der Waals surface area contributed by atoms with E-state index in [9.17, 15) is 0 Å². The van der Waals surface area contributed by atoms with Crippen molar-refractivity contribution in [1.82, 2.24) is 14.7 Å². The molecule has 0 saturated heterocycles. The van der Waals surface area contributed by atoms with Crippen LogP contribution in [-0.2, 0) is 13.6 Å². The normalized spacial score (nSPS) is 14.9. The predicted molar refractivity (Wildman–Crippen MR) is 75.4 cm³/mol. The number of hydrogen-bond donors (Lipinski definition) is 1. The monoisotopic (exact) mass is 264 g/mol. The third-order valence-electron chi connectivity index (χ3n) is 3.00. The first-order valence-corrected chi connectivity index (χ1v) is 6.92. The zero-order valence-corrected chi connectivity index (χ0v) is 11.9. The minimum atomic E-state index is 0.102. The standard InChI is InChI=1S/C13H20N4S/c1-10(14)13(12-5-4-6-18-12)16(2)8-11-7-15-17(3)9-11/h4-7,9-10,13H,8,14H2,1-3H3. The van der Waals surface area contributed by atoms with Gasteiger partial charge in [0.2, 0.25) is 0 Å². The second kappa shape index (κ2) is 5.65. The van der Waals surface area contributed by atoms with Gasteiger partial charge in [0.25, 0.3) is 0 Å². The second-order valence-corrected chi connectivity index (χ2v) is 5.74. The Kier molecular flexibility index (Phi) is 4.16. The molecule has 0 aliphatic carbocycles. The molecule has 2 aromatic rings. The molecule has 0 fully saturated rings. The van der Waals surface area contributed by atoms with Crippen LogP contribution in [0.1, 0.15) is 23.4 Å². The average molecular weight is 264 g/mol. The van der Waals surface area contributed by atoms with E-state index in [0.29, 0.717) is 0 Å². The Hall–Kier alpha value is -1.17. The first-order chi connectivity index (χ1) is 8.58. The van der Waals surface area contributed by atoms with Crippen molar-refractivity contribution in [3.8, 4) is 0 Å². The molecule has 4 nitrogen and oxygen atoms in total. The van der Waals surface area contributed by atoms with Gasteiger partial charge in [-0.1, -0.05) is 6.07 Å². The van der Waals surface area contributed by atoms with E-state index in [1.54, 1.807) is 11.3 Å². The van der Waals surface area contributed by atoms with Crippen LogP contribution in [0.3, 0.4) is 0 Å². The molecule has 0 aliphatic heterocycles. The summed E-state index contributed by atoms with van der Waals surface area (Å²) in [7, 11) is 4.05. The van der Waals surface area contributed by atoms with Crippen LogP contribution in [0.5, 0.6) is 0 Å². The smallest absolute Gasteiger partial charge is 0.0591 e. The summed E-state index contributed by atoms with van der Waals surface area (Å²) in [5.74, 6) is 0. The number of likely N-dealkylation sites (N-methyl/N-ethyl adjacent to an activating group) is 1. The quantitative estimate of drug-likeness (QED) is 0.898. The molecule has 2 heterocycles. The van der Waals surface area contributed by atoms with Crippen molar-refractivity contribution in [3.63, 3.8) is 0 Å². The molecular weight excluding hydrogens is 244 g/mol. The van der Waals surface area contributed by atoms with Gasteiger partial charge in [-0.2, -0.15) is 5.10 Å². The van der Waals surface area contributed by atoms with Gasteiger partial charge >= 0.3 is 0 Å². The number of thiophene rings is 1. The highest BCUT2D eigenvalue weighted by Gasteiger charge is 2.22. The van der Waals surface area contributed by atoms with Crippen LogP contribution in [0.25, 0.3) is 0 Å². The molecule has 2 aromatic heterocycles. The predicted octanol–water partition coefficient (Wildman–Crippen LogP) is 2.00. The molecule has 2 rings (SSSR count). The fourth-order valence-electron chi connectivity index (χ4n) is 2.28. The van der Waals surface area contributed by atoms with E-state index in [1.807, 2.05) is 24.1 Å². The number of nitrogens with two attached hydrogens (primary N) is 1. The SMILES string of the molecule is CC(N)C(c1cccs1)N(C)Cc1cnn(C)c1. The Morgan fingerprint density at radius 2 is 2.33 bits per heavy atom. The minimum Gasteiger partial charge on any atom is -0.326 e. The Balaban J connectivity index is 2.11. The van der Waals surface area contributed by atoms with E-state index >= 15 is 0 Å². The Morgan fingerprint density at radius 3 is 2.83 bits per heavy atom. The van der Waals surface area contributed by atoms with E-state index in [0.717, 1.165) is 6.54 Å². The average Bonchev–Trinajstić information content (AvgIpc) is 2.90. The molecule has 0 spiro atoms. The van der Waals surface area contributed by atoms with E-state index in [4.69, 9.17) is 5.73 Å². The maximum Gasteiger partial charge on any atom is 0.0591 e. The van der Waals surface area contributed by atoms with Gasteiger partial charge in [0.15, 0.2) is 0 Å². The van der Waals surface area contributed by atoms with Crippen molar-refractivity contribution < 1.29 is 0 Å². The van der Waals surface area contributed by atoms with Crippen molar-refractivity contribution in [2.45, 2.75) is 25.6 Å². The van der Waals surface area contributed by atoms with Crippen molar-refractivity contribution in [1.29, 1.82) is 0 Å². The highest BCUT2D eigenvalue weighted by molar-refractivity contribution is 7.10. The van der Waals surface area contributed by atoms with Crippen molar-refractivity contribution in [3.05, 3.63) is 40.3 Å². The minimum absolute atomic E-state index is 0.102. The second-order valence-electron chi connectivity index (χ2n) is 4.76. The maximum absolute atomic E-state index is 6.13. The van der Waals surface area contributed by atoms with Crippen LogP contribution in [0, 0.1) is 0 Å². The molecule has 0 bridgehead atoms. The topological polar surface area (TPSA) is 47.1 Å². The van der Waals surface area contributed by atoms with Gasteiger partial charge in [-0.15, -0.1) is 11.3 Å². The van der Waals surface area contributed by atoms with Gasteiger partial charge in [0.1, 0.15) is 0 Å². The van der Waals surface area contributed by atoms with Gasteiger partial charge in [-0.25, -0.2) is 0 Å². The number of nitrogens with zero attached hydrogens (tertiary/aromatic N) is 3. The van der Waals surface area contributed by atoms with E-state index in [1.165, 1.54) is 10.4 Å². The van der Waals surface area contributed by atoms with E-state index in [-0.39, 0.29) is 12.1 Å². The number of aryl methyl sites for hydroxylation is 1. The summed E-state index contributed by atoms with van der Waals surface area (Å²) in [6.07, 6.45) is 3.95. The summed E-state index contributed by atoms with van der Waals surface area (Å²) >= 11 is 1.76. The zero-order chi connectivity index (χ0) is 13.1. The maximum atomic E-state index is 6.13. The van der Waals surface area contributed by atoms with Crippen molar-refractivity contribution >= 4 is 11.3 Å². The highest BCUT2D eigenvalue weighted by Crippen LogP contribution is 2.27. The van der Waals surface area contributed by atoms with Gasteiger partial charge < -0.3 is 5.73 Å². The lowest BCUT2D eigenvalue weighted by molar-refractivity contribution is 0.214. The molecule has 0 radical (unpaired) electrons. The van der Waals surface area contributed by atoms with Crippen molar-refractivity contribution in [2.75, 3.05) is 7.05 Å². The molecular formula is C13H20N4S. The summed E-state index contributed by atoms with van der Waals surface area (Å²) in [5.41, 5.74) is 7.34.